The number of carbonyl (C=O) groups excluding carboxylic acids is 1. The van der Waals surface area contributed by atoms with Gasteiger partial charge >= 0.3 is 0 Å². The second-order valence-electron chi connectivity index (χ2n) is 5.61. The first-order valence-electron chi connectivity index (χ1n) is 7.68. The number of hydrogen-bond donors (Lipinski definition) is 1. The molecule has 1 N–H and O–H groups in total. The summed E-state index contributed by atoms with van der Waals surface area (Å²) in [6, 6.07) is 1.57. The molecule has 0 aliphatic carbocycles. The second-order valence-corrected chi connectivity index (χ2v) is 8.42. The summed E-state index contributed by atoms with van der Waals surface area (Å²) in [6.45, 7) is 2.76. The van der Waals surface area contributed by atoms with E-state index in [0.29, 0.717) is 31.7 Å². The Bertz CT molecular complexity index is 800. The molecule has 0 saturated carbocycles. The van der Waals surface area contributed by atoms with Crippen molar-refractivity contribution in [3.05, 3.63) is 34.5 Å². The van der Waals surface area contributed by atoms with Gasteiger partial charge in [0.05, 0.1) is 29.5 Å². The van der Waals surface area contributed by atoms with Gasteiger partial charge in [0.25, 0.3) is 5.91 Å². The minimum absolute atomic E-state index is 0.124. The molecule has 1 atom stereocenters. The fraction of sp³-hybridized carbons (Fsp3) is 0.500. The molecule has 1 aliphatic heterocycles. The molecule has 2 aromatic heterocycles. The first-order valence-corrected chi connectivity index (χ1v) is 10.2. The number of nitrogens with one attached hydrogen (secondary N) is 1. The van der Waals surface area contributed by atoms with E-state index in [4.69, 9.17) is 0 Å². The average Bonchev–Trinajstić information content (AvgIpc) is 3.22. The van der Waals surface area contributed by atoms with Gasteiger partial charge in [-0.25, -0.2) is 13.4 Å². The van der Waals surface area contributed by atoms with Gasteiger partial charge in [-0.1, -0.05) is 6.92 Å². The minimum atomic E-state index is -3.30. The van der Waals surface area contributed by atoms with E-state index in [-0.39, 0.29) is 17.7 Å². The lowest BCUT2D eigenvalue weighted by Gasteiger charge is -2.33. The Morgan fingerprint density at radius 2 is 2.33 bits per heavy atom. The lowest BCUT2D eigenvalue weighted by molar-refractivity contribution is 0.0938. The molecule has 1 aliphatic rings. The van der Waals surface area contributed by atoms with E-state index in [1.54, 1.807) is 21.8 Å². The van der Waals surface area contributed by atoms with Gasteiger partial charge in [-0.15, -0.1) is 11.3 Å². The number of fused-ring (bicyclic) bond motifs is 1. The van der Waals surface area contributed by atoms with Crippen LogP contribution in [0.3, 0.4) is 0 Å². The first-order chi connectivity index (χ1) is 11.5. The Morgan fingerprint density at radius 1 is 1.50 bits per heavy atom. The van der Waals surface area contributed by atoms with Crippen molar-refractivity contribution in [2.45, 2.75) is 25.9 Å². The van der Waals surface area contributed by atoms with Crippen molar-refractivity contribution in [3.8, 4) is 0 Å². The van der Waals surface area contributed by atoms with Crippen LogP contribution in [-0.2, 0) is 16.6 Å². The molecular weight excluding hydrogens is 350 g/mol. The van der Waals surface area contributed by atoms with Crippen molar-refractivity contribution in [2.75, 3.05) is 18.8 Å². The number of hydrogen-bond acceptors (Lipinski definition) is 6. The normalized spacial score (nSPS) is 18.3. The van der Waals surface area contributed by atoms with Crippen LogP contribution in [0.25, 0.3) is 0 Å². The van der Waals surface area contributed by atoms with Crippen molar-refractivity contribution >= 4 is 27.3 Å². The second kappa shape index (κ2) is 6.99. The van der Waals surface area contributed by atoms with Gasteiger partial charge in [0.1, 0.15) is 5.69 Å². The smallest absolute Gasteiger partial charge is 0.270 e. The Kier molecular flexibility index (Phi) is 4.97. The fourth-order valence-electron chi connectivity index (χ4n) is 2.73. The van der Waals surface area contributed by atoms with Crippen molar-refractivity contribution in [3.63, 3.8) is 0 Å². The van der Waals surface area contributed by atoms with Gasteiger partial charge in [-0.2, -0.15) is 9.40 Å². The summed E-state index contributed by atoms with van der Waals surface area (Å²) in [5, 5.41) is 8.76. The highest BCUT2D eigenvalue weighted by atomic mass is 32.2. The number of thiazole rings is 1. The lowest BCUT2D eigenvalue weighted by Crippen LogP contribution is -2.45. The molecule has 0 aromatic carbocycles. The lowest BCUT2D eigenvalue weighted by atomic mass is 10.2. The van der Waals surface area contributed by atoms with Gasteiger partial charge in [-0.05, 0) is 12.5 Å². The summed E-state index contributed by atoms with van der Waals surface area (Å²) in [6.07, 6.45) is 2.23. The maximum absolute atomic E-state index is 12.4. The van der Waals surface area contributed by atoms with Crippen LogP contribution in [-0.4, -0.2) is 52.2 Å². The monoisotopic (exact) mass is 369 g/mol. The molecule has 0 fully saturated rings. The van der Waals surface area contributed by atoms with Crippen LogP contribution >= 0.6 is 11.3 Å². The third-order valence-electron chi connectivity index (χ3n) is 3.87. The molecule has 0 bridgehead atoms. The molecule has 0 unspecified atom stereocenters. The van der Waals surface area contributed by atoms with Crippen molar-refractivity contribution in [1.29, 1.82) is 0 Å². The largest absolute Gasteiger partial charge is 0.348 e. The first kappa shape index (κ1) is 17.1. The zero-order chi connectivity index (χ0) is 17.2. The van der Waals surface area contributed by atoms with E-state index in [9.17, 15) is 13.2 Å². The van der Waals surface area contributed by atoms with E-state index in [0.717, 1.165) is 5.69 Å². The quantitative estimate of drug-likeness (QED) is 0.815. The number of rotatable bonds is 6. The molecule has 3 heterocycles. The standard InChI is InChI=1S/C14H19N5O3S2/c1-2-5-24(21,22)18-7-11-3-4-17-19(11)12(8-18)6-15-14(20)13-9-23-10-16-13/h3-4,9-10,12H,2,5-8H2,1H3,(H,15,20)/t12-/m1/s1. The molecule has 8 nitrogen and oxygen atoms in total. The summed E-state index contributed by atoms with van der Waals surface area (Å²) in [4.78, 5) is 16.0. The van der Waals surface area contributed by atoms with Crippen molar-refractivity contribution < 1.29 is 13.2 Å². The molecule has 0 spiro atoms. The summed E-state index contributed by atoms with van der Waals surface area (Å²) in [5.41, 5.74) is 2.79. The molecule has 0 saturated heterocycles. The maximum atomic E-state index is 12.4. The maximum Gasteiger partial charge on any atom is 0.270 e. The summed E-state index contributed by atoms with van der Waals surface area (Å²) >= 11 is 1.35. The van der Waals surface area contributed by atoms with Crippen molar-refractivity contribution in [1.82, 2.24) is 24.4 Å². The molecule has 24 heavy (non-hydrogen) atoms. The number of carbonyl (C=O) groups is 1. The summed E-state index contributed by atoms with van der Waals surface area (Å²) in [5.74, 6) is -0.141. The topological polar surface area (TPSA) is 97.2 Å². The number of sulfonamides is 1. The van der Waals surface area contributed by atoms with Crippen LogP contribution in [0.15, 0.2) is 23.2 Å². The van der Waals surface area contributed by atoms with E-state index in [2.05, 4.69) is 15.4 Å². The van der Waals surface area contributed by atoms with Crippen molar-refractivity contribution in [2.24, 2.45) is 0 Å². The molecular formula is C14H19N5O3S2. The number of aromatic nitrogens is 3. The van der Waals surface area contributed by atoms with E-state index in [1.165, 1.54) is 15.6 Å². The van der Waals surface area contributed by atoms with Gasteiger partial charge < -0.3 is 5.32 Å². The van der Waals surface area contributed by atoms with Gasteiger partial charge in [-0.3, -0.25) is 9.48 Å². The average molecular weight is 369 g/mol. The molecule has 130 valence electrons. The Hall–Kier alpha value is -1.78. The predicted octanol–water partition coefficient (Wildman–Crippen LogP) is 0.866. The zero-order valence-corrected chi connectivity index (χ0v) is 14.9. The van der Waals surface area contributed by atoms with Crippen LogP contribution in [0, 0.1) is 0 Å². The number of nitrogens with zero attached hydrogens (tertiary/aromatic N) is 4. The summed E-state index contributed by atoms with van der Waals surface area (Å²) in [7, 11) is -3.30. The molecule has 2 aromatic rings. The third-order valence-corrected chi connectivity index (χ3v) is 6.45. The van der Waals surface area contributed by atoms with Crippen LogP contribution in [0.1, 0.15) is 35.6 Å². The van der Waals surface area contributed by atoms with Crippen LogP contribution < -0.4 is 5.32 Å². The van der Waals surface area contributed by atoms with Gasteiger partial charge in [0.2, 0.25) is 10.0 Å². The van der Waals surface area contributed by atoms with Crippen LogP contribution in [0.5, 0.6) is 0 Å². The minimum Gasteiger partial charge on any atom is -0.348 e. The van der Waals surface area contributed by atoms with E-state index >= 15 is 0 Å². The molecule has 1 amide bonds. The highest BCUT2D eigenvalue weighted by Crippen LogP contribution is 2.23. The molecule has 3 rings (SSSR count). The van der Waals surface area contributed by atoms with Gasteiger partial charge in [0, 0.05) is 24.7 Å². The van der Waals surface area contributed by atoms with Crippen LogP contribution in [0.4, 0.5) is 0 Å². The zero-order valence-electron chi connectivity index (χ0n) is 13.3. The summed E-state index contributed by atoms with van der Waals surface area (Å²) < 4.78 is 28.0. The third kappa shape index (κ3) is 3.50. The Morgan fingerprint density at radius 3 is 3.04 bits per heavy atom. The SMILES string of the molecule is CCCS(=O)(=O)N1Cc2ccnn2[C@H](CNC(=O)c2cscn2)C1. The van der Waals surface area contributed by atoms with Crippen LogP contribution in [0.2, 0.25) is 0 Å². The fourth-order valence-corrected chi connectivity index (χ4v) is 4.76. The highest BCUT2D eigenvalue weighted by molar-refractivity contribution is 7.89. The Balaban J connectivity index is 1.73. The predicted molar refractivity (Wildman–Crippen MR) is 90.2 cm³/mol. The number of amides is 1. The highest BCUT2D eigenvalue weighted by Gasteiger charge is 2.32. The van der Waals surface area contributed by atoms with E-state index in [1.807, 2.05) is 13.0 Å². The van der Waals surface area contributed by atoms with E-state index < -0.39 is 10.0 Å². The van der Waals surface area contributed by atoms with Gasteiger partial charge in [0.15, 0.2) is 0 Å². The Labute approximate surface area is 144 Å². The molecule has 10 heteroatoms. The molecule has 0 radical (unpaired) electrons.